The molecule has 0 spiro atoms. The summed E-state index contributed by atoms with van der Waals surface area (Å²) in [6.45, 7) is 0.619. The SMILES string of the molecule is O=C(CO)NCc1ccc(OCc2ccccc2)c(OCc2ccccc2)c1. The molecule has 0 fully saturated rings. The fraction of sp³-hybridized carbons (Fsp3) is 0.174. The van der Waals surface area contributed by atoms with Gasteiger partial charge in [0.25, 0.3) is 0 Å². The summed E-state index contributed by atoms with van der Waals surface area (Å²) in [5, 5.41) is 11.5. The van der Waals surface area contributed by atoms with Crippen molar-refractivity contribution in [3.63, 3.8) is 0 Å². The third kappa shape index (κ3) is 5.86. The molecule has 0 aliphatic heterocycles. The highest BCUT2D eigenvalue weighted by atomic mass is 16.5. The average molecular weight is 377 g/mol. The van der Waals surface area contributed by atoms with Crippen LogP contribution in [0.5, 0.6) is 11.5 Å². The molecule has 28 heavy (non-hydrogen) atoms. The molecule has 0 radical (unpaired) electrons. The predicted octanol–water partition coefficient (Wildman–Crippen LogP) is 3.45. The Kier molecular flexibility index (Phi) is 7.04. The van der Waals surface area contributed by atoms with Gasteiger partial charge in [-0.25, -0.2) is 0 Å². The van der Waals surface area contributed by atoms with Crippen LogP contribution in [-0.4, -0.2) is 17.6 Å². The van der Waals surface area contributed by atoms with E-state index < -0.39 is 12.5 Å². The van der Waals surface area contributed by atoms with E-state index in [2.05, 4.69) is 5.32 Å². The van der Waals surface area contributed by atoms with Gasteiger partial charge < -0.3 is 19.9 Å². The number of hydrogen-bond donors (Lipinski definition) is 2. The second kappa shape index (κ2) is 10.1. The molecule has 0 aliphatic rings. The number of hydrogen-bond acceptors (Lipinski definition) is 4. The Labute approximate surface area is 164 Å². The Bertz CT molecular complexity index is 882. The largest absolute Gasteiger partial charge is 0.485 e. The lowest BCUT2D eigenvalue weighted by Gasteiger charge is -2.15. The number of amides is 1. The standard InChI is InChI=1S/C23H23NO4/c25-15-23(26)24-14-20-11-12-21(27-16-18-7-3-1-4-8-18)22(13-20)28-17-19-9-5-2-6-10-19/h1-13,25H,14-17H2,(H,24,26). The molecule has 0 aromatic heterocycles. The lowest BCUT2D eigenvalue weighted by Crippen LogP contribution is -2.25. The lowest BCUT2D eigenvalue weighted by atomic mass is 10.2. The summed E-state index contributed by atoms with van der Waals surface area (Å²) in [5.74, 6) is 0.823. The lowest BCUT2D eigenvalue weighted by molar-refractivity contribution is -0.123. The second-order valence-electron chi connectivity index (χ2n) is 6.26. The molecule has 1 amide bonds. The summed E-state index contributed by atoms with van der Waals surface area (Å²) in [5.41, 5.74) is 2.98. The first kappa shape index (κ1) is 19.5. The summed E-state index contributed by atoms with van der Waals surface area (Å²) in [6.07, 6.45) is 0. The van der Waals surface area contributed by atoms with Crippen molar-refractivity contribution in [1.82, 2.24) is 5.32 Å². The maximum atomic E-state index is 11.3. The monoisotopic (exact) mass is 377 g/mol. The van der Waals surface area contributed by atoms with Gasteiger partial charge in [-0.15, -0.1) is 0 Å². The Morgan fingerprint density at radius 2 is 1.32 bits per heavy atom. The molecule has 0 bridgehead atoms. The number of benzene rings is 3. The maximum absolute atomic E-state index is 11.3. The second-order valence-corrected chi connectivity index (χ2v) is 6.26. The van der Waals surface area contributed by atoms with Crippen molar-refractivity contribution in [2.24, 2.45) is 0 Å². The molecule has 144 valence electrons. The minimum Gasteiger partial charge on any atom is -0.485 e. The van der Waals surface area contributed by atoms with Crippen molar-refractivity contribution >= 4 is 5.91 Å². The van der Waals surface area contributed by atoms with Gasteiger partial charge in [0.2, 0.25) is 5.91 Å². The van der Waals surface area contributed by atoms with E-state index in [-0.39, 0.29) is 0 Å². The van der Waals surface area contributed by atoms with Crippen molar-refractivity contribution < 1.29 is 19.4 Å². The minimum atomic E-state index is -0.532. The zero-order valence-electron chi connectivity index (χ0n) is 15.5. The van der Waals surface area contributed by atoms with Crippen LogP contribution in [0.2, 0.25) is 0 Å². The van der Waals surface area contributed by atoms with E-state index in [1.807, 2.05) is 78.9 Å². The number of nitrogens with one attached hydrogen (secondary N) is 1. The van der Waals surface area contributed by atoms with Gasteiger partial charge >= 0.3 is 0 Å². The van der Waals surface area contributed by atoms with E-state index in [1.165, 1.54) is 0 Å². The first-order valence-corrected chi connectivity index (χ1v) is 9.08. The van der Waals surface area contributed by atoms with E-state index in [0.717, 1.165) is 16.7 Å². The number of rotatable bonds is 9. The van der Waals surface area contributed by atoms with Crippen LogP contribution in [0.1, 0.15) is 16.7 Å². The van der Waals surface area contributed by atoms with Crippen LogP contribution in [0.15, 0.2) is 78.9 Å². The first-order valence-electron chi connectivity index (χ1n) is 9.08. The summed E-state index contributed by atoms with van der Waals surface area (Å²) in [7, 11) is 0. The zero-order chi connectivity index (χ0) is 19.6. The molecule has 0 saturated carbocycles. The summed E-state index contributed by atoms with van der Waals surface area (Å²) >= 11 is 0. The highest BCUT2D eigenvalue weighted by molar-refractivity contribution is 5.76. The fourth-order valence-corrected chi connectivity index (χ4v) is 2.62. The first-order chi connectivity index (χ1) is 13.7. The van der Waals surface area contributed by atoms with Gasteiger partial charge in [0.1, 0.15) is 19.8 Å². The normalized spacial score (nSPS) is 10.3. The number of aliphatic hydroxyl groups excluding tert-OH is 1. The van der Waals surface area contributed by atoms with Gasteiger partial charge in [-0.05, 0) is 28.8 Å². The van der Waals surface area contributed by atoms with E-state index in [0.29, 0.717) is 31.3 Å². The highest BCUT2D eigenvalue weighted by Gasteiger charge is 2.09. The fourth-order valence-electron chi connectivity index (χ4n) is 2.62. The minimum absolute atomic E-state index is 0.306. The van der Waals surface area contributed by atoms with Crippen molar-refractivity contribution in [3.8, 4) is 11.5 Å². The van der Waals surface area contributed by atoms with Gasteiger partial charge in [-0.2, -0.15) is 0 Å². The van der Waals surface area contributed by atoms with Crippen LogP contribution >= 0.6 is 0 Å². The molecule has 3 aromatic carbocycles. The summed E-state index contributed by atoms with van der Waals surface area (Å²) in [6, 6.07) is 25.3. The molecular weight excluding hydrogens is 354 g/mol. The van der Waals surface area contributed by atoms with E-state index in [9.17, 15) is 4.79 Å². The average Bonchev–Trinajstić information content (AvgIpc) is 2.76. The molecule has 2 N–H and O–H groups in total. The third-order valence-electron chi connectivity index (χ3n) is 4.12. The van der Waals surface area contributed by atoms with Crippen molar-refractivity contribution in [3.05, 3.63) is 95.6 Å². The molecule has 0 aliphatic carbocycles. The molecule has 5 nitrogen and oxygen atoms in total. The van der Waals surface area contributed by atoms with Crippen LogP contribution in [-0.2, 0) is 24.6 Å². The molecule has 0 heterocycles. The maximum Gasteiger partial charge on any atom is 0.245 e. The molecule has 0 unspecified atom stereocenters. The van der Waals surface area contributed by atoms with Crippen molar-refractivity contribution in [2.45, 2.75) is 19.8 Å². The van der Waals surface area contributed by atoms with Crippen molar-refractivity contribution in [2.75, 3.05) is 6.61 Å². The Morgan fingerprint density at radius 1 is 0.750 bits per heavy atom. The number of carbonyl (C=O) groups excluding carboxylic acids is 1. The quantitative estimate of drug-likeness (QED) is 0.599. The van der Waals surface area contributed by atoms with Gasteiger partial charge in [0, 0.05) is 6.54 Å². The van der Waals surface area contributed by atoms with E-state index >= 15 is 0 Å². The molecule has 5 heteroatoms. The van der Waals surface area contributed by atoms with Crippen molar-refractivity contribution in [1.29, 1.82) is 0 Å². The summed E-state index contributed by atoms with van der Waals surface area (Å²) in [4.78, 5) is 11.3. The molecule has 3 aromatic rings. The number of aliphatic hydroxyl groups is 1. The third-order valence-corrected chi connectivity index (χ3v) is 4.12. The topological polar surface area (TPSA) is 67.8 Å². The van der Waals surface area contributed by atoms with Gasteiger partial charge in [0.15, 0.2) is 11.5 Å². The van der Waals surface area contributed by atoms with E-state index in [4.69, 9.17) is 14.6 Å². The Morgan fingerprint density at radius 3 is 1.89 bits per heavy atom. The predicted molar refractivity (Wildman–Crippen MR) is 107 cm³/mol. The molecule has 0 saturated heterocycles. The van der Waals surface area contributed by atoms with Crippen LogP contribution in [0.3, 0.4) is 0 Å². The highest BCUT2D eigenvalue weighted by Crippen LogP contribution is 2.30. The zero-order valence-corrected chi connectivity index (χ0v) is 15.5. The van der Waals surface area contributed by atoms with Gasteiger partial charge in [0.05, 0.1) is 0 Å². The molecule has 0 atom stereocenters. The van der Waals surface area contributed by atoms with Crippen LogP contribution in [0.25, 0.3) is 0 Å². The van der Waals surface area contributed by atoms with Gasteiger partial charge in [-0.1, -0.05) is 66.7 Å². The molecule has 3 rings (SSSR count). The Balaban J connectivity index is 1.73. The number of carbonyl (C=O) groups is 1. The van der Waals surface area contributed by atoms with E-state index in [1.54, 1.807) is 0 Å². The van der Waals surface area contributed by atoms with Crippen LogP contribution in [0, 0.1) is 0 Å². The van der Waals surface area contributed by atoms with Crippen LogP contribution < -0.4 is 14.8 Å². The van der Waals surface area contributed by atoms with Gasteiger partial charge in [-0.3, -0.25) is 4.79 Å². The smallest absolute Gasteiger partial charge is 0.245 e. The van der Waals surface area contributed by atoms with Crippen LogP contribution in [0.4, 0.5) is 0 Å². The molecular formula is C23H23NO4. The summed E-state index contributed by atoms with van der Waals surface area (Å²) < 4.78 is 12.0. The number of ether oxygens (including phenoxy) is 2. The Hall–Kier alpha value is -3.31.